The van der Waals surface area contributed by atoms with Gasteiger partial charge >= 0.3 is 0 Å². The summed E-state index contributed by atoms with van der Waals surface area (Å²) >= 11 is 5.09. The number of hydrogen-bond donors (Lipinski definition) is 1. The zero-order valence-electron chi connectivity index (χ0n) is 10.8. The molecule has 0 aliphatic carbocycles. The SMILES string of the molecule is CCCOc1cccc(C(O)Cc2ccc(Br)s2)c1. The van der Waals surface area contributed by atoms with Crippen molar-refractivity contribution >= 4 is 27.3 Å². The van der Waals surface area contributed by atoms with Gasteiger partial charge in [-0.05, 0) is 52.2 Å². The van der Waals surface area contributed by atoms with E-state index >= 15 is 0 Å². The van der Waals surface area contributed by atoms with Crippen LogP contribution >= 0.6 is 27.3 Å². The Hall–Kier alpha value is -0.840. The number of aliphatic hydroxyl groups excluding tert-OH is 1. The van der Waals surface area contributed by atoms with Crippen LogP contribution in [0.1, 0.15) is 29.9 Å². The minimum atomic E-state index is -0.490. The highest BCUT2D eigenvalue weighted by molar-refractivity contribution is 9.11. The highest BCUT2D eigenvalue weighted by atomic mass is 79.9. The molecule has 1 aromatic carbocycles. The smallest absolute Gasteiger partial charge is 0.119 e. The molecule has 2 aromatic rings. The molecule has 102 valence electrons. The van der Waals surface area contributed by atoms with E-state index in [0.29, 0.717) is 13.0 Å². The van der Waals surface area contributed by atoms with Gasteiger partial charge in [0.2, 0.25) is 0 Å². The van der Waals surface area contributed by atoms with Gasteiger partial charge in [-0.1, -0.05) is 19.1 Å². The third-order valence-corrected chi connectivity index (χ3v) is 4.39. The third-order valence-electron chi connectivity index (χ3n) is 2.74. The van der Waals surface area contributed by atoms with E-state index in [1.807, 2.05) is 36.4 Å². The van der Waals surface area contributed by atoms with Crippen LogP contribution in [0.3, 0.4) is 0 Å². The first-order chi connectivity index (χ1) is 9.19. The Morgan fingerprint density at radius 3 is 2.84 bits per heavy atom. The van der Waals surface area contributed by atoms with E-state index in [1.165, 1.54) is 4.88 Å². The first kappa shape index (κ1) is 14.6. The molecule has 0 aliphatic heterocycles. The fourth-order valence-corrected chi connectivity index (χ4v) is 3.32. The molecule has 0 fully saturated rings. The molecule has 0 spiro atoms. The third kappa shape index (κ3) is 4.34. The lowest BCUT2D eigenvalue weighted by Gasteiger charge is -2.12. The average Bonchev–Trinajstić information content (AvgIpc) is 2.82. The predicted molar refractivity (Wildman–Crippen MR) is 82.9 cm³/mol. The van der Waals surface area contributed by atoms with Gasteiger partial charge in [-0.3, -0.25) is 0 Å². The molecular formula is C15H17BrO2S. The molecular weight excluding hydrogens is 324 g/mol. The minimum Gasteiger partial charge on any atom is -0.494 e. The summed E-state index contributed by atoms with van der Waals surface area (Å²) in [5.41, 5.74) is 0.901. The Morgan fingerprint density at radius 2 is 2.16 bits per heavy atom. The van der Waals surface area contributed by atoms with E-state index < -0.39 is 6.10 Å². The number of rotatable bonds is 6. The zero-order valence-corrected chi connectivity index (χ0v) is 13.2. The predicted octanol–water partition coefficient (Wildman–Crippen LogP) is 4.58. The van der Waals surface area contributed by atoms with Crippen LogP contribution in [0.5, 0.6) is 5.75 Å². The monoisotopic (exact) mass is 340 g/mol. The van der Waals surface area contributed by atoms with Crippen molar-refractivity contribution in [3.8, 4) is 5.75 Å². The van der Waals surface area contributed by atoms with Crippen molar-refractivity contribution in [2.45, 2.75) is 25.9 Å². The first-order valence-electron chi connectivity index (χ1n) is 6.34. The van der Waals surface area contributed by atoms with Gasteiger partial charge in [0.15, 0.2) is 0 Å². The number of halogens is 1. The maximum Gasteiger partial charge on any atom is 0.119 e. The van der Waals surface area contributed by atoms with Gasteiger partial charge < -0.3 is 9.84 Å². The van der Waals surface area contributed by atoms with Crippen molar-refractivity contribution in [2.75, 3.05) is 6.61 Å². The molecule has 0 saturated heterocycles. The standard InChI is InChI=1S/C15H17BrO2S/c1-2-8-18-12-5-3-4-11(9-12)14(17)10-13-6-7-15(16)19-13/h3-7,9,14,17H,2,8,10H2,1H3. The normalized spacial score (nSPS) is 12.4. The van der Waals surface area contributed by atoms with E-state index in [4.69, 9.17) is 4.74 Å². The van der Waals surface area contributed by atoms with Gasteiger partial charge in [0.05, 0.1) is 16.5 Å². The summed E-state index contributed by atoms with van der Waals surface area (Å²) in [4.78, 5) is 1.17. The van der Waals surface area contributed by atoms with Crippen LogP contribution in [-0.4, -0.2) is 11.7 Å². The molecule has 1 heterocycles. The second-order valence-electron chi connectivity index (χ2n) is 4.35. The van der Waals surface area contributed by atoms with E-state index in [1.54, 1.807) is 11.3 Å². The first-order valence-corrected chi connectivity index (χ1v) is 7.95. The van der Waals surface area contributed by atoms with Crippen LogP contribution in [0.25, 0.3) is 0 Å². The van der Waals surface area contributed by atoms with Crippen molar-refractivity contribution in [2.24, 2.45) is 0 Å². The molecule has 1 aromatic heterocycles. The second-order valence-corrected chi connectivity index (χ2v) is 6.89. The lowest BCUT2D eigenvalue weighted by atomic mass is 10.1. The number of aliphatic hydroxyl groups is 1. The molecule has 4 heteroatoms. The molecule has 0 saturated carbocycles. The summed E-state index contributed by atoms with van der Waals surface area (Å²) in [6.45, 7) is 2.78. The Kier molecular flexibility index (Phi) is 5.43. The molecule has 1 N–H and O–H groups in total. The topological polar surface area (TPSA) is 29.5 Å². The highest BCUT2D eigenvalue weighted by Gasteiger charge is 2.11. The largest absolute Gasteiger partial charge is 0.494 e. The van der Waals surface area contributed by atoms with E-state index in [2.05, 4.69) is 22.9 Å². The van der Waals surface area contributed by atoms with Crippen LogP contribution in [0.4, 0.5) is 0 Å². The average molecular weight is 341 g/mol. The molecule has 0 aliphatic rings. The van der Waals surface area contributed by atoms with Gasteiger partial charge in [-0.2, -0.15) is 0 Å². The summed E-state index contributed by atoms with van der Waals surface area (Å²) < 4.78 is 6.68. The molecule has 1 atom stereocenters. The van der Waals surface area contributed by atoms with Gasteiger partial charge in [0.1, 0.15) is 5.75 Å². The Morgan fingerprint density at radius 1 is 1.32 bits per heavy atom. The van der Waals surface area contributed by atoms with Crippen LogP contribution in [0.15, 0.2) is 40.2 Å². The second kappa shape index (κ2) is 7.08. The molecule has 2 nitrogen and oxygen atoms in total. The number of benzene rings is 1. The van der Waals surface area contributed by atoms with E-state index in [0.717, 1.165) is 21.5 Å². The van der Waals surface area contributed by atoms with Gasteiger partial charge in [0, 0.05) is 11.3 Å². The zero-order chi connectivity index (χ0) is 13.7. The minimum absolute atomic E-state index is 0.490. The fourth-order valence-electron chi connectivity index (χ4n) is 1.80. The van der Waals surface area contributed by atoms with Crippen molar-refractivity contribution in [3.63, 3.8) is 0 Å². The molecule has 1 unspecified atom stereocenters. The van der Waals surface area contributed by atoms with E-state index in [-0.39, 0.29) is 0 Å². The van der Waals surface area contributed by atoms with Crippen molar-refractivity contribution in [3.05, 3.63) is 50.6 Å². The molecule has 0 bridgehead atoms. The lowest BCUT2D eigenvalue weighted by Crippen LogP contribution is -2.02. The van der Waals surface area contributed by atoms with Crippen LogP contribution in [0.2, 0.25) is 0 Å². The molecule has 0 amide bonds. The number of hydrogen-bond acceptors (Lipinski definition) is 3. The highest BCUT2D eigenvalue weighted by Crippen LogP contribution is 2.28. The van der Waals surface area contributed by atoms with Crippen LogP contribution in [-0.2, 0) is 6.42 Å². The summed E-state index contributed by atoms with van der Waals surface area (Å²) in [6, 6.07) is 11.7. The summed E-state index contributed by atoms with van der Waals surface area (Å²) in [7, 11) is 0. The Labute approximate surface area is 126 Å². The molecule has 2 rings (SSSR count). The van der Waals surface area contributed by atoms with Gasteiger partial charge in [0.25, 0.3) is 0 Å². The number of thiophene rings is 1. The van der Waals surface area contributed by atoms with Gasteiger partial charge in [-0.25, -0.2) is 0 Å². The van der Waals surface area contributed by atoms with Crippen molar-refractivity contribution in [1.29, 1.82) is 0 Å². The van der Waals surface area contributed by atoms with Gasteiger partial charge in [-0.15, -0.1) is 11.3 Å². The summed E-state index contributed by atoms with van der Waals surface area (Å²) in [6.07, 6.45) is 1.12. The molecule has 19 heavy (non-hydrogen) atoms. The Balaban J connectivity index is 2.03. The van der Waals surface area contributed by atoms with Crippen molar-refractivity contribution < 1.29 is 9.84 Å². The summed E-state index contributed by atoms with van der Waals surface area (Å²) in [5, 5.41) is 10.3. The Bertz CT molecular complexity index is 524. The van der Waals surface area contributed by atoms with Crippen LogP contribution in [0, 0.1) is 0 Å². The fraction of sp³-hybridized carbons (Fsp3) is 0.333. The van der Waals surface area contributed by atoms with Crippen molar-refractivity contribution in [1.82, 2.24) is 0 Å². The lowest BCUT2D eigenvalue weighted by molar-refractivity contribution is 0.179. The maximum atomic E-state index is 10.3. The maximum absolute atomic E-state index is 10.3. The van der Waals surface area contributed by atoms with Crippen LogP contribution < -0.4 is 4.74 Å². The summed E-state index contributed by atoms with van der Waals surface area (Å²) in [5.74, 6) is 0.825. The van der Waals surface area contributed by atoms with E-state index in [9.17, 15) is 5.11 Å². The quantitative estimate of drug-likeness (QED) is 0.834. The number of ether oxygens (including phenoxy) is 1. The molecule has 0 radical (unpaired) electrons.